The topological polar surface area (TPSA) is 128 Å². The summed E-state index contributed by atoms with van der Waals surface area (Å²) < 4.78 is 67.7. The summed E-state index contributed by atoms with van der Waals surface area (Å²) in [6, 6.07) is 21.7. The second-order valence-electron chi connectivity index (χ2n) is 8.82. The normalized spacial score (nSPS) is 13.8. The molecule has 200 valence electrons. The Morgan fingerprint density at radius 2 is 1.58 bits per heavy atom. The van der Waals surface area contributed by atoms with Crippen LogP contribution in [0.3, 0.4) is 0 Å². The van der Waals surface area contributed by atoms with Crippen LogP contribution in [0.5, 0.6) is 5.75 Å². The third-order valence-electron chi connectivity index (χ3n) is 5.65. The molecule has 0 saturated carbocycles. The number of hydrogen-bond donors (Lipinski definition) is 3. The maximum absolute atomic E-state index is 13.9. The third kappa shape index (κ3) is 6.89. The van der Waals surface area contributed by atoms with E-state index in [1.807, 2.05) is 42.5 Å². The molecule has 0 aliphatic heterocycles. The maximum atomic E-state index is 13.9. The molecule has 3 aromatic carbocycles. The largest absolute Gasteiger partial charge is 0.488 e. The molecule has 0 amide bonds. The zero-order chi connectivity index (χ0) is 27.6. The molecule has 4 N–H and O–H groups in total. The minimum Gasteiger partial charge on any atom is -0.488 e. The molecule has 0 saturated heterocycles. The SMILES string of the molecule is C[C@](N)(COP(=O)(O)O)c1cc(-c2ccc(OCc3ccc(-c4ccccc4)cc3)c(C(F)(F)F)c2)on1. The van der Waals surface area contributed by atoms with Crippen LogP contribution >= 0.6 is 7.82 Å². The molecule has 1 aromatic heterocycles. The van der Waals surface area contributed by atoms with E-state index in [1.54, 1.807) is 12.1 Å². The average molecular weight is 548 g/mol. The number of phosphoric acid groups is 1. The molecule has 1 atom stereocenters. The summed E-state index contributed by atoms with van der Waals surface area (Å²) in [6.07, 6.45) is -4.72. The van der Waals surface area contributed by atoms with E-state index in [2.05, 4.69) is 9.68 Å². The molecule has 1 heterocycles. The lowest BCUT2D eigenvalue weighted by atomic mass is 9.99. The first kappa shape index (κ1) is 27.6. The summed E-state index contributed by atoms with van der Waals surface area (Å²) in [7, 11) is -4.79. The Hall–Kier alpha value is -3.47. The Labute approximate surface area is 216 Å². The average Bonchev–Trinajstić information content (AvgIpc) is 3.38. The fourth-order valence-corrected chi connectivity index (χ4v) is 4.02. The predicted molar refractivity (Wildman–Crippen MR) is 133 cm³/mol. The van der Waals surface area contributed by atoms with Crippen molar-refractivity contribution in [3.8, 4) is 28.2 Å². The summed E-state index contributed by atoms with van der Waals surface area (Å²) in [5.41, 5.74) is 6.31. The fourth-order valence-electron chi connectivity index (χ4n) is 3.59. The van der Waals surface area contributed by atoms with Crippen LogP contribution in [0.2, 0.25) is 0 Å². The molecule has 0 fully saturated rings. The molecule has 12 heteroatoms. The summed E-state index contributed by atoms with van der Waals surface area (Å²) in [6.45, 7) is 0.708. The van der Waals surface area contributed by atoms with Gasteiger partial charge in [-0.05, 0) is 41.8 Å². The molecule has 0 spiro atoms. The van der Waals surface area contributed by atoms with Crippen LogP contribution in [0.15, 0.2) is 83.4 Å². The zero-order valence-corrected chi connectivity index (χ0v) is 20.9. The number of benzene rings is 3. The Morgan fingerprint density at radius 3 is 2.21 bits per heavy atom. The minimum atomic E-state index is -4.79. The molecule has 0 radical (unpaired) electrons. The van der Waals surface area contributed by atoms with Crippen LogP contribution in [0.25, 0.3) is 22.5 Å². The second-order valence-corrected chi connectivity index (χ2v) is 10.1. The number of alkyl halides is 3. The van der Waals surface area contributed by atoms with Crippen molar-refractivity contribution in [2.24, 2.45) is 5.73 Å². The van der Waals surface area contributed by atoms with Crippen molar-refractivity contribution in [2.45, 2.75) is 25.2 Å². The molecular weight excluding hydrogens is 524 g/mol. The number of nitrogens with zero attached hydrogens (tertiary/aromatic N) is 1. The molecule has 0 unspecified atom stereocenters. The van der Waals surface area contributed by atoms with Crippen LogP contribution in [0, 0.1) is 0 Å². The van der Waals surface area contributed by atoms with Crippen molar-refractivity contribution < 1.29 is 41.3 Å². The van der Waals surface area contributed by atoms with Gasteiger partial charge in [-0.1, -0.05) is 59.8 Å². The maximum Gasteiger partial charge on any atom is 0.469 e. The Morgan fingerprint density at radius 1 is 0.947 bits per heavy atom. The van der Waals surface area contributed by atoms with Crippen molar-refractivity contribution >= 4 is 7.82 Å². The number of aromatic nitrogens is 1. The smallest absolute Gasteiger partial charge is 0.469 e. The first-order valence-electron chi connectivity index (χ1n) is 11.3. The summed E-state index contributed by atoms with van der Waals surface area (Å²) in [4.78, 5) is 17.8. The van der Waals surface area contributed by atoms with Crippen LogP contribution in [-0.4, -0.2) is 21.6 Å². The van der Waals surface area contributed by atoms with Crippen molar-refractivity contribution in [2.75, 3.05) is 6.61 Å². The van der Waals surface area contributed by atoms with Gasteiger partial charge in [0.2, 0.25) is 0 Å². The van der Waals surface area contributed by atoms with E-state index in [0.717, 1.165) is 17.2 Å². The Kier molecular flexibility index (Phi) is 7.78. The van der Waals surface area contributed by atoms with Gasteiger partial charge < -0.3 is 24.8 Å². The molecule has 4 rings (SSSR count). The van der Waals surface area contributed by atoms with Gasteiger partial charge in [-0.25, -0.2) is 4.57 Å². The lowest BCUT2D eigenvalue weighted by Gasteiger charge is -2.21. The van der Waals surface area contributed by atoms with Gasteiger partial charge in [-0.3, -0.25) is 4.52 Å². The molecule has 0 bridgehead atoms. The molecule has 4 aromatic rings. The highest BCUT2D eigenvalue weighted by molar-refractivity contribution is 7.46. The minimum absolute atomic E-state index is 0.0265. The number of halogens is 3. The van der Waals surface area contributed by atoms with Gasteiger partial charge in [0.25, 0.3) is 0 Å². The first-order valence-corrected chi connectivity index (χ1v) is 12.8. The van der Waals surface area contributed by atoms with E-state index in [1.165, 1.54) is 25.1 Å². The highest BCUT2D eigenvalue weighted by Gasteiger charge is 2.36. The summed E-state index contributed by atoms with van der Waals surface area (Å²) in [5, 5.41) is 3.74. The van der Waals surface area contributed by atoms with E-state index < -0.39 is 31.7 Å². The van der Waals surface area contributed by atoms with Crippen LogP contribution in [0.4, 0.5) is 13.2 Å². The molecule has 0 aliphatic carbocycles. The van der Waals surface area contributed by atoms with Gasteiger partial charge >= 0.3 is 14.0 Å². The van der Waals surface area contributed by atoms with Gasteiger partial charge in [0.05, 0.1) is 17.7 Å². The molecule has 0 aliphatic rings. The first-order chi connectivity index (χ1) is 17.8. The highest BCUT2D eigenvalue weighted by Crippen LogP contribution is 2.40. The quantitative estimate of drug-likeness (QED) is 0.221. The standard InChI is InChI=1S/C26H24F3N2O6P/c1-25(30,16-36-38(32,33)34)24-14-23(37-31-24)20-11-12-22(21(13-20)26(27,28)29)35-15-17-7-9-19(10-8-17)18-5-3-2-4-6-18/h2-14H,15-16,30H2,1H3,(H2,32,33,34)/t25-/m0/s1. The van der Waals surface area contributed by atoms with Crippen molar-refractivity contribution in [1.82, 2.24) is 5.16 Å². The summed E-state index contributed by atoms with van der Waals surface area (Å²) in [5.74, 6) is -0.381. The number of nitrogens with two attached hydrogens (primary N) is 1. The van der Waals surface area contributed by atoms with E-state index in [0.29, 0.717) is 5.56 Å². The number of phosphoric ester groups is 1. The van der Waals surface area contributed by atoms with E-state index in [-0.39, 0.29) is 29.4 Å². The van der Waals surface area contributed by atoms with Gasteiger partial charge in [-0.15, -0.1) is 0 Å². The monoisotopic (exact) mass is 548 g/mol. The van der Waals surface area contributed by atoms with Crippen molar-refractivity contribution in [3.05, 3.63) is 95.7 Å². The van der Waals surface area contributed by atoms with Gasteiger partial charge in [0.1, 0.15) is 18.1 Å². The van der Waals surface area contributed by atoms with Crippen molar-refractivity contribution in [1.29, 1.82) is 0 Å². The lowest BCUT2D eigenvalue weighted by Crippen LogP contribution is -2.38. The van der Waals surface area contributed by atoms with E-state index in [4.69, 9.17) is 24.8 Å². The molecule has 38 heavy (non-hydrogen) atoms. The summed E-state index contributed by atoms with van der Waals surface area (Å²) >= 11 is 0. The lowest BCUT2D eigenvalue weighted by molar-refractivity contribution is -0.139. The van der Waals surface area contributed by atoms with Crippen LogP contribution in [0.1, 0.15) is 23.7 Å². The zero-order valence-electron chi connectivity index (χ0n) is 20.1. The third-order valence-corrected chi connectivity index (χ3v) is 6.12. The van der Waals surface area contributed by atoms with E-state index >= 15 is 0 Å². The molecular formula is C26H24F3N2O6P. The van der Waals surface area contributed by atoms with Gasteiger partial charge in [0, 0.05) is 11.6 Å². The van der Waals surface area contributed by atoms with Gasteiger partial charge in [-0.2, -0.15) is 13.2 Å². The Bertz CT molecular complexity index is 1430. The second kappa shape index (κ2) is 10.7. The number of hydrogen-bond acceptors (Lipinski definition) is 6. The predicted octanol–water partition coefficient (Wildman–Crippen LogP) is 5.89. The highest BCUT2D eigenvalue weighted by atomic mass is 31.2. The van der Waals surface area contributed by atoms with Crippen LogP contribution in [-0.2, 0) is 27.4 Å². The number of rotatable bonds is 9. The Balaban J connectivity index is 1.52. The van der Waals surface area contributed by atoms with Crippen LogP contribution < -0.4 is 10.5 Å². The van der Waals surface area contributed by atoms with E-state index in [9.17, 15) is 17.7 Å². The fraction of sp³-hybridized carbons (Fsp3) is 0.192. The van der Waals surface area contributed by atoms with Gasteiger partial charge in [0.15, 0.2) is 5.76 Å². The number of ether oxygens (including phenoxy) is 1. The molecule has 8 nitrogen and oxygen atoms in total. The van der Waals surface area contributed by atoms with Crippen molar-refractivity contribution in [3.63, 3.8) is 0 Å².